The van der Waals surface area contributed by atoms with E-state index in [1.54, 1.807) is 6.92 Å². The van der Waals surface area contributed by atoms with Gasteiger partial charge in [0.2, 0.25) is 0 Å². The minimum Gasteiger partial charge on any atom is -0.489 e. The number of nitro groups is 1. The maximum absolute atomic E-state index is 11.4. The summed E-state index contributed by atoms with van der Waals surface area (Å²) in [6.07, 6.45) is 0.447. The van der Waals surface area contributed by atoms with Crippen molar-refractivity contribution in [3.05, 3.63) is 28.3 Å². The number of ether oxygens (including phenoxy) is 1. The molecule has 0 amide bonds. The zero-order valence-electron chi connectivity index (χ0n) is 9.79. The van der Waals surface area contributed by atoms with Crippen LogP contribution in [0.4, 0.5) is 5.69 Å². The summed E-state index contributed by atoms with van der Waals surface area (Å²) in [5.74, 6) is 0.0185. The number of nitrogens with zero attached hydrogens (tertiary/aromatic N) is 1. The number of hydrogen-bond donors (Lipinski definition) is 0. The summed E-state index contributed by atoms with van der Waals surface area (Å²) in [5.41, 5.74) is -0.356. The Balaban J connectivity index is 3.30. The molecule has 0 saturated carbocycles. The van der Waals surface area contributed by atoms with E-state index in [9.17, 15) is 18.5 Å². The molecule has 0 radical (unpaired) electrons. The normalized spacial score (nSPS) is 13.1. The second-order valence-electron chi connectivity index (χ2n) is 3.66. The zero-order valence-corrected chi connectivity index (χ0v) is 11.4. The molecule has 0 aliphatic heterocycles. The van der Waals surface area contributed by atoms with Gasteiger partial charge in [0, 0.05) is 22.8 Å². The van der Waals surface area contributed by atoms with E-state index in [4.69, 9.17) is 15.4 Å². The maximum atomic E-state index is 11.4. The molecule has 6 nitrogen and oxygen atoms in total. The van der Waals surface area contributed by atoms with Gasteiger partial charge < -0.3 is 4.74 Å². The highest BCUT2D eigenvalue weighted by atomic mass is 35.7. The van der Waals surface area contributed by atoms with Crippen LogP contribution < -0.4 is 4.74 Å². The van der Waals surface area contributed by atoms with Crippen LogP contribution in [-0.4, -0.2) is 19.4 Å². The van der Waals surface area contributed by atoms with Crippen LogP contribution in [0.15, 0.2) is 23.1 Å². The van der Waals surface area contributed by atoms with Gasteiger partial charge in [-0.15, -0.1) is 0 Å². The molecule has 1 aromatic carbocycles. The SMILES string of the molecule is CCC(C)Oc1ccc([N+](=O)[O-])cc1S(=O)(=O)Cl. The van der Waals surface area contributed by atoms with Crippen molar-refractivity contribution in [3.8, 4) is 5.75 Å². The molecule has 1 unspecified atom stereocenters. The average Bonchev–Trinajstić information content (AvgIpc) is 2.27. The van der Waals surface area contributed by atoms with Crippen molar-refractivity contribution in [2.75, 3.05) is 0 Å². The standard InChI is InChI=1S/C10H12ClNO5S/c1-3-7(2)17-9-5-4-8(12(13)14)6-10(9)18(11,15)16/h4-7H,3H2,1-2H3. The van der Waals surface area contributed by atoms with Crippen molar-refractivity contribution >= 4 is 25.4 Å². The Hall–Kier alpha value is -1.34. The summed E-state index contributed by atoms with van der Waals surface area (Å²) in [5, 5.41) is 10.6. The number of hydrogen-bond acceptors (Lipinski definition) is 5. The predicted molar refractivity (Wildman–Crippen MR) is 66.5 cm³/mol. The molecule has 1 rings (SSSR count). The average molecular weight is 294 g/mol. The van der Waals surface area contributed by atoms with Crippen molar-refractivity contribution in [2.24, 2.45) is 0 Å². The van der Waals surface area contributed by atoms with Crippen molar-refractivity contribution in [1.29, 1.82) is 0 Å². The van der Waals surface area contributed by atoms with Gasteiger partial charge in [0.25, 0.3) is 14.7 Å². The molecule has 0 aliphatic carbocycles. The molecule has 1 aromatic rings. The smallest absolute Gasteiger partial charge is 0.271 e. The van der Waals surface area contributed by atoms with E-state index in [1.165, 1.54) is 12.1 Å². The van der Waals surface area contributed by atoms with E-state index in [-0.39, 0.29) is 17.5 Å². The van der Waals surface area contributed by atoms with Crippen molar-refractivity contribution in [3.63, 3.8) is 0 Å². The highest BCUT2D eigenvalue weighted by molar-refractivity contribution is 8.13. The van der Waals surface area contributed by atoms with E-state index in [0.29, 0.717) is 6.42 Å². The molecule has 8 heteroatoms. The molecule has 100 valence electrons. The van der Waals surface area contributed by atoms with Crippen molar-refractivity contribution < 1.29 is 18.1 Å². The van der Waals surface area contributed by atoms with E-state index < -0.39 is 18.9 Å². The lowest BCUT2D eigenvalue weighted by molar-refractivity contribution is -0.385. The lowest BCUT2D eigenvalue weighted by Crippen LogP contribution is -2.11. The van der Waals surface area contributed by atoms with Gasteiger partial charge in [-0.25, -0.2) is 8.42 Å². The zero-order chi connectivity index (χ0) is 13.9. The van der Waals surface area contributed by atoms with Crippen LogP contribution in [0.25, 0.3) is 0 Å². The Kier molecular flexibility index (Phi) is 4.53. The van der Waals surface area contributed by atoms with Crippen LogP contribution in [0, 0.1) is 10.1 Å². The molecule has 0 saturated heterocycles. The van der Waals surface area contributed by atoms with Gasteiger partial charge in [-0.1, -0.05) is 6.92 Å². The first-order valence-electron chi connectivity index (χ1n) is 5.15. The molecule has 18 heavy (non-hydrogen) atoms. The lowest BCUT2D eigenvalue weighted by Gasteiger charge is -2.14. The van der Waals surface area contributed by atoms with Crippen LogP contribution in [0.2, 0.25) is 0 Å². The summed E-state index contributed by atoms with van der Waals surface area (Å²) in [6.45, 7) is 3.62. The molecule has 0 N–H and O–H groups in total. The minimum absolute atomic E-state index is 0.0185. The first-order chi connectivity index (χ1) is 8.25. The molecule has 0 heterocycles. The van der Waals surface area contributed by atoms with Crippen LogP contribution in [0.5, 0.6) is 5.75 Å². The van der Waals surface area contributed by atoms with Gasteiger partial charge in [0.05, 0.1) is 11.0 Å². The Labute approximate surface area is 109 Å². The first-order valence-corrected chi connectivity index (χ1v) is 7.46. The van der Waals surface area contributed by atoms with E-state index in [1.807, 2.05) is 6.92 Å². The summed E-state index contributed by atoms with van der Waals surface area (Å²) < 4.78 is 28.1. The van der Waals surface area contributed by atoms with Crippen LogP contribution in [0.1, 0.15) is 20.3 Å². The fourth-order valence-electron chi connectivity index (χ4n) is 1.20. The highest BCUT2D eigenvalue weighted by Crippen LogP contribution is 2.31. The van der Waals surface area contributed by atoms with E-state index >= 15 is 0 Å². The third kappa shape index (κ3) is 3.58. The molecular weight excluding hydrogens is 282 g/mol. The van der Waals surface area contributed by atoms with Gasteiger partial charge in [0.1, 0.15) is 10.6 Å². The number of nitro benzene ring substituents is 1. The molecule has 1 atom stereocenters. The quantitative estimate of drug-likeness (QED) is 0.473. The molecule has 0 bridgehead atoms. The fourth-order valence-corrected chi connectivity index (χ4v) is 2.18. The minimum atomic E-state index is -4.10. The third-order valence-electron chi connectivity index (χ3n) is 2.30. The van der Waals surface area contributed by atoms with Crippen LogP contribution >= 0.6 is 10.7 Å². The lowest BCUT2D eigenvalue weighted by atomic mass is 10.3. The van der Waals surface area contributed by atoms with E-state index in [2.05, 4.69) is 0 Å². The summed E-state index contributed by atoms with van der Waals surface area (Å²) in [6, 6.07) is 3.29. The van der Waals surface area contributed by atoms with Crippen LogP contribution in [-0.2, 0) is 9.05 Å². The van der Waals surface area contributed by atoms with Crippen molar-refractivity contribution in [1.82, 2.24) is 0 Å². The Morgan fingerprint density at radius 1 is 1.50 bits per heavy atom. The summed E-state index contributed by atoms with van der Waals surface area (Å²) in [7, 11) is 1.14. The number of benzene rings is 1. The second kappa shape index (κ2) is 5.53. The van der Waals surface area contributed by atoms with Gasteiger partial charge in [-0.05, 0) is 19.4 Å². The second-order valence-corrected chi connectivity index (χ2v) is 6.20. The molecule has 0 fully saturated rings. The Bertz CT molecular complexity index is 557. The summed E-state index contributed by atoms with van der Waals surface area (Å²) in [4.78, 5) is 9.51. The fraction of sp³-hybridized carbons (Fsp3) is 0.400. The predicted octanol–water partition coefficient (Wildman–Crippen LogP) is 2.70. The van der Waals surface area contributed by atoms with Gasteiger partial charge in [-0.2, -0.15) is 0 Å². The molecule has 0 aliphatic rings. The van der Waals surface area contributed by atoms with E-state index in [0.717, 1.165) is 6.07 Å². The molecule has 0 aromatic heterocycles. The van der Waals surface area contributed by atoms with Gasteiger partial charge in [-0.3, -0.25) is 10.1 Å². The number of halogens is 1. The molecule has 0 spiro atoms. The monoisotopic (exact) mass is 293 g/mol. The Morgan fingerprint density at radius 2 is 2.11 bits per heavy atom. The van der Waals surface area contributed by atoms with Crippen LogP contribution in [0.3, 0.4) is 0 Å². The molecular formula is C10H12ClNO5S. The summed E-state index contributed by atoms with van der Waals surface area (Å²) >= 11 is 0. The Morgan fingerprint density at radius 3 is 2.56 bits per heavy atom. The topological polar surface area (TPSA) is 86.5 Å². The van der Waals surface area contributed by atoms with Gasteiger partial charge in [0.15, 0.2) is 0 Å². The maximum Gasteiger partial charge on any atom is 0.271 e. The highest BCUT2D eigenvalue weighted by Gasteiger charge is 2.22. The number of rotatable bonds is 5. The van der Waals surface area contributed by atoms with Gasteiger partial charge >= 0.3 is 0 Å². The third-order valence-corrected chi connectivity index (χ3v) is 3.65. The van der Waals surface area contributed by atoms with Crippen molar-refractivity contribution in [2.45, 2.75) is 31.3 Å². The number of non-ortho nitro benzene ring substituents is 1. The first kappa shape index (κ1) is 14.7. The largest absolute Gasteiger partial charge is 0.489 e.